The topological polar surface area (TPSA) is 73.5 Å². The van der Waals surface area contributed by atoms with Crippen molar-refractivity contribution >= 4 is 16.7 Å². The summed E-state index contributed by atoms with van der Waals surface area (Å²) in [6.45, 7) is 0. The standard InChI is InChI=1S/C20H18N2O4/c1-22-11-13(10-21)15-9-12(5-7-16(15)22)18(23)14-6-8-17(24-2)20(26-4)19(14)25-3/h5-9,11H,1-4H3. The number of methoxy groups -OCH3 is 3. The number of hydrogen-bond donors (Lipinski definition) is 0. The summed E-state index contributed by atoms with van der Waals surface area (Å²) >= 11 is 0. The minimum absolute atomic E-state index is 0.225. The van der Waals surface area contributed by atoms with Gasteiger partial charge in [-0.25, -0.2) is 0 Å². The number of carbonyl (C=O) groups is 1. The summed E-state index contributed by atoms with van der Waals surface area (Å²) in [4.78, 5) is 13.1. The molecule has 0 fully saturated rings. The molecule has 3 rings (SSSR count). The smallest absolute Gasteiger partial charge is 0.204 e. The van der Waals surface area contributed by atoms with Crippen molar-refractivity contribution < 1.29 is 19.0 Å². The van der Waals surface area contributed by atoms with Crippen molar-refractivity contribution in [2.75, 3.05) is 21.3 Å². The Kier molecular flexibility index (Phi) is 4.55. The zero-order valence-corrected chi connectivity index (χ0v) is 15.0. The predicted molar refractivity (Wildman–Crippen MR) is 97.2 cm³/mol. The number of aromatic nitrogens is 1. The van der Waals surface area contributed by atoms with Crippen LogP contribution in [0, 0.1) is 11.3 Å². The first-order valence-corrected chi connectivity index (χ1v) is 7.88. The Labute approximate surface area is 151 Å². The van der Waals surface area contributed by atoms with Gasteiger partial charge in [0.25, 0.3) is 0 Å². The van der Waals surface area contributed by atoms with Gasteiger partial charge in [-0.3, -0.25) is 4.79 Å². The highest BCUT2D eigenvalue weighted by Gasteiger charge is 2.22. The Hall–Kier alpha value is -3.46. The van der Waals surface area contributed by atoms with Crippen molar-refractivity contribution in [3.05, 3.63) is 53.2 Å². The number of hydrogen-bond acceptors (Lipinski definition) is 5. The third-order valence-electron chi connectivity index (χ3n) is 4.32. The second-order valence-corrected chi connectivity index (χ2v) is 5.71. The van der Waals surface area contributed by atoms with Crippen molar-refractivity contribution in [3.63, 3.8) is 0 Å². The van der Waals surface area contributed by atoms with Crippen LogP contribution >= 0.6 is 0 Å². The van der Waals surface area contributed by atoms with Gasteiger partial charge in [-0.15, -0.1) is 0 Å². The van der Waals surface area contributed by atoms with Gasteiger partial charge in [0, 0.05) is 29.7 Å². The molecule has 0 amide bonds. The Balaban J connectivity index is 2.16. The molecule has 0 saturated carbocycles. The maximum Gasteiger partial charge on any atom is 0.204 e. The maximum atomic E-state index is 13.1. The molecule has 1 aromatic heterocycles. The van der Waals surface area contributed by atoms with Gasteiger partial charge in [0.2, 0.25) is 5.75 Å². The molecule has 0 unspecified atom stereocenters. The Morgan fingerprint density at radius 1 is 1.04 bits per heavy atom. The van der Waals surface area contributed by atoms with E-state index in [0.29, 0.717) is 33.9 Å². The third-order valence-corrected chi connectivity index (χ3v) is 4.32. The van der Waals surface area contributed by atoms with Crippen molar-refractivity contribution in [2.24, 2.45) is 7.05 Å². The number of ether oxygens (including phenoxy) is 3. The second kappa shape index (κ2) is 6.81. The molecular formula is C20H18N2O4. The minimum Gasteiger partial charge on any atom is -0.493 e. The van der Waals surface area contributed by atoms with Gasteiger partial charge in [0.1, 0.15) is 6.07 Å². The fourth-order valence-electron chi connectivity index (χ4n) is 3.06. The highest BCUT2D eigenvalue weighted by molar-refractivity contribution is 6.13. The van der Waals surface area contributed by atoms with E-state index in [1.54, 1.807) is 30.5 Å². The number of benzene rings is 2. The molecule has 0 atom stereocenters. The largest absolute Gasteiger partial charge is 0.493 e. The molecule has 0 spiro atoms. The quantitative estimate of drug-likeness (QED) is 0.660. The van der Waals surface area contributed by atoms with Crippen LogP contribution in [0.25, 0.3) is 10.9 Å². The Bertz CT molecular complexity index is 1040. The molecule has 6 heteroatoms. The van der Waals surface area contributed by atoms with Crippen LogP contribution in [0.3, 0.4) is 0 Å². The summed E-state index contributed by atoms with van der Waals surface area (Å²) in [5.41, 5.74) is 2.23. The van der Waals surface area contributed by atoms with E-state index in [0.717, 1.165) is 10.9 Å². The minimum atomic E-state index is -0.225. The highest BCUT2D eigenvalue weighted by Crippen LogP contribution is 2.40. The van der Waals surface area contributed by atoms with Crippen LogP contribution in [0.4, 0.5) is 0 Å². The number of nitriles is 1. The van der Waals surface area contributed by atoms with E-state index >= 15 is 0 Å². The molecule has 6 nitrogen and oxygen atoms in total. The Morgan fingerprint density at radius 3 is 2.38 bits per heavy atom. The van der Waals surface area contributed by atoms with Gasteiger partial charge in [-0.05, 0) is 30.3 Å². The van der Waals surface area contributed by atoms with E-state index in [2.05, 4.69) is 6.07 Å². The summed E-state index contributed by atoms with van der Waals surface area (Å²) in [6.07, 6.45) is 1.75. The first-order valence-electron chi connectivity index (χ1n) is 7.88. The molecule has 0 bridgehead atoms. The number of ketones is 1. The van der Waals surface area contributed by atoms with Crippen LogP contribution in [-0.4, -0.2) is 31.7 Å². The summed E-state index contributed by atoms with van der Waals surface area (Å²) in [5.74, 6) is 0.925. The van der Waals surface area contributed by atoms with Crippen LogP contribution < -0.4 is 14.2 Å². The lowest BCUT2D eigenvalue weighted by Crippen LogP contribution is -2.06. The molecule has 0 aliphatic carbocycles. The highest BCUT2D eigenvalue weighted by atomic mass is 16.5. The molecular weight excluding hydrogens is 332 g/mol. The molecule has 132 valence electrons. The van der Waals surface area contributed by atoms with E-state index < -0.39 is 0 Å². The van der Waals surface area contributed by atoms with Crippen molar-refractivity contribution in [1.29, 1.82) is 5.26 Å². The van der Waals surface area contributed by atoms with Crippen molar-refractivity contribution in [1.82, 2.24) is 4.57 Å². The SMILES string of the molecule is COc1ccc(C(=O)c2ccc3c(c2)c(C#N)cn3C)c(OC)c1OC. The Morgan fingerprint density at radius 2 is 1.77 bits per heavy atom. The van der Waals surface area contributed by atoms with E-state index in [-0.39, 0.29) is 5.78 Å². The fraction of sp³-hybridized carbons (Fsp3) is 0.200. The number of nitrogens with zero attached hydrogens (tertiary/aromatic N) is 2. The molecule has 3 aromatic rings. The average molecular weight is 350 g/mol. The summed E-state index contributed by atoms with van der Waals surface area (Å²) in [6, 6.07) is 10.8. The molecule has 26 heavy (non-hydrogen) atoms. The van der Waals surface area contributed by atoms with Crippen LogP contribution in [0.2, 0.25) is 0 Å². The van der Waals surface area contributed by atoms with E-state index in [1.165, 1.54) is 21.3 Å². The van der Waals surface area contributed by atoms with E-state index in [9.17, 15) is 10.1 Å². The van der Waals surface area contributed by atoms with Gasteiger partial charge in [0.15, 0.2) is 17.3 Å². The first kappa shape index (κ1) is 17.4. The first-order chi connectivity index (χ1) is 12.5. The molecule has 2 aromatic carbocycles. The van der Waals surface area contributed by atoms with Crippen molar-refractivity contribution in [2.45, 2.75) is 0 Å². The second-order valence-electron chi connectivity index (χ2n) is 5.71. The molecule has 1 heterocycles. The lowest BCUT2D eigenvalue weighted by Gasteiger charge is -2.15. The maximum absolute atomic E-state index is 13.1. The zero-order chi connectivity index (χ0) is 18.8. The van der Waals surface area contributed by atoms with Crippen LogP contribution in [0.1, 0.15) is 21.5 Å². The lowest BCUT2D eigenvalue weighted by molar-refractivity contribution is 0.103. The van der Waals surface area contributed by atoms with Crippen LogP contribution in [0.5, 0.6) is 17.2 Å². The zero-order valence-electron chi connectivity index (χ0n) is 15.0. The number of rotatable bonds is 5. The van der Waals surface area contributed by atoms with Gasteiger partial charge < -0.3 is 18.8 Å². The monoisotopic (exact) mass is 350 g/mol. The third kappa shape index (κ3) is 2.64. The van der Waals surface area contributed by atoms with Crippen molar-refractivity contribution in [3.8, 4) is 23.3 Å². The molecule has 0 N–H and O–H groups in total. The van der Waals surface area contributed by atoms with Gasteiger partial charge >= 0.3 is 0 Å². The summed E-state index contributed by atoms with van der Waals surface area (Å²) < 4.78 is 17.9. The lowest BCUT2D eigenvalue weighted by atomic mass is 9.99. The number of aryl methyl sites for hydroxylation is 1. The van der Waals surface area contributed by atoms with Gasteiger partial charge in [0.05, 0.1) is 32.5 Å². The molecule has 0 saturated heterocycles. The number of carbonyl (C=O) groups excluding carboxylic acids is 1. The number of fused-ring (bicyclic) bond motifs is 1. The summed E-state index contributed by atoms with van der Waals surface area (Å²) in [5, 5.41) is 10.0. The predicted octanol–water partition coefficient (Wildman–Crippen LogP) is 3.31. The van der Waals surface area contributed by atoms with Gasteiger partial charge in [-0.2, -0.15) is 5.26 Å². The summed E-state index contributed by atoms with van der Waals surface area (Å²) in [7, 11) is 6.35. The molecule has 0 aliphatic heterocycles. The van der Waals surface area contributed by atoms with E-state index in [4.69, 9.17) is 14.2 Å². The normalized spacial score (nSPS) is 10.4. The van der Waals surface area contributed by atoms with Gasteiger partial charge in [-0.1, -0.05) is 0 Å². The van der Waals surface area contributed by atoms with E-state index in [1.807, 2.05) is 17.7 Å². The molecule has 0 radical (unpaired) electrons. The van der Waals surface area contributed by atoms with Crippen LogP contribution in [-0.2, 0) is 7.05 Å². The van der Waals surface area contributed by atoms with Crippen LogP contribution in [0.15, 0.2) is 36.5 Å². The fourth-order valence-corrected chi connectivity index (χ4v) is 3.06. The average Bonchev–Trinajstić information content (AvgIpc) is 3.01. The molecule has 0 aliphatic rings.